The quantitative estimate of drug-likeness (QED) is 0.751. The average Bonchev–Trinajstić information content (AvgIpc) is 2.21. The SMILES string of the molecule is COCC(Cl)CCc1cccc(F)c1Br. The summed E-state index contributed by atoms with van der Waals surface area (Å²) in [7, 11) is 1.62. The van der Waals surface area contributed by atoms with Crippen LogP contribution in [0.15, 0.2) is 22.7 Å². The molecule has 15 heavy (non-hydrogen) atoms. The van der Waals surface area contributed by atoms with E-state index < -0.39 is 0 Å². The van der Waals surface area contributed by atoms with Crippen molar-refractivity contribution in [3.63, 3.8) is 0 Å². The summed E-state index contributed by atoms with van der Waals surface area (Å²) in [5.74, 6) is -0.231. The zero-order chi connectivity index (χ0) is 11.3. The summed E-state index contributed by atoms with van der Waals surface area (Å²) in [5, 5.41) is -0.0230. The van der Waals surface area contributed by atoms with Crippen molar-refractivity contribution in [2.45, 2.75) is 18.2 Å². The standard InChI is InChI=1S/C11H13BrClFO/c1-15-7-9(13)6-5-8-3-2-4-10(14)11(8)12/h2-4,9H,5-7H2,1H3. The first kappa shape index (κ1) is 12.9. The maximum Gasteiger partial charge on any atom is 0.137 e. The Bertz CT molecular complexity index is 319. The molecule has 0 bridgehead atoms. The van der Waals surface area contributed by atoms with E-state index in [1.54, 1.807) is 13.2 Å². The monoisotopic (exact) mass is 294 g/mol. The summed E-state index contributed by atoms with van der Waals surface area (Å²) in [6.07, 6.45) is 1.52. The van der Waals surface area contributed by atoms with Crippen LogP contribution >= 0.6 is 27.5 Å². The molecule has 1 rings (SSSR count). The Labute approximate surface area is 103 Å². The zero-order valence-corrected chi connectivity index (χ0v) is 10.8. The lowest BCUT2D eigenvalue weighted by atomic mass is 10.1. The third-order valence-electron chi connectivity index (χ3n) is 2.11. The van der Waals surface area contributed by atoms with Crippen molar-refractivity contribution in [2.24, 2.45) is 0 Å². The molecule has 1 atom stereocenters. The lowest BCUT2D eigenvalue weighted by Gasteiger charge is -2.09. The molecule has 0 aliphatic heterocycles. The first-order valence-corrected chi connectivity index (χ1v) is 5.94. The van der Waals surface area contributed by atoms with Crippen LogP contribution in [0.25, 0.3) is 0 Å². The minimum Gasteiger partial charge on any atom is -0.383 e. The highest BCUT2D eigenvalue weighted by Gasteiger charge is 2.08. The molecule has 1 aromatic rings. The Morgan fingerprint density at radius 1 is 1.53 bits per heavy atom. The van der Waals surface area contributed by atoms with Crippen molar-refractivity contribution >= 4 is 27.5 Å². The lowest BCUT2D eigenvalue weighted by Crippen LogP contribution is -2.08. The molecule has 0 spiro atoms. The molecule has 0 amide bonds. The highest BCUT2D eigenvalue weighted by atomic mass is 79.9. The molecular formula is C11H13BrClFO. The Morgan fingerprint density at radius 3 is 2.93 bits per heavy atom. The van der Waals surface area contributed by atoms with Gasteiger partial charge >= 0.3 is 0 Å². The van der Waals surface area contributed by atoms with Gasteiger partial charge in [-0.05, 0) is 40.4 Å². The van der Waals surface area contributed by atoms with Gasteiger partial charge in [0.05, 0.1) is 16.5 Å². The third kappa shape index (κ3) is 4.09. The predicted octanol–water partition coefficient (Wildman–Crippen LogP) is 3.77. The summed E-state index contributed by atoms with van der Waals surface area (Å²) in [4.78, 5) is 0. The van der Waals surface area contributed by atoms with E-state index in [0.29, 0.717) is 11.1 Å². The highest BCUT2D eigenvalue weighted by Crippen LogP contribution is 2.22. The molecule has 0 N–H and O–H groups in total. The number of rotatable bonds is 5. The molecule has 84 valence electrons. The van der Waals surface area contributed by atoms with Gasteiger partial charge in [-0.2, -0.15) is 0 Å². The summed E-state index contributed by atoms with van der Waals surface area (Å²) in [6, 6.07) is 5.03. The van der Waals surface area contributed by atoms with Crippen LogP contribution in [0.5, 0.6) is 0 Å². The average molecular weight is 296 g/mol. The van der Waals surface area contributed by atoms with E-state index in [4.69, 9.17) is 16.3 Å². The second-order valence-electron chi connectivity index (χ2n) is 3.30. The van der Waals surface area contributed by atoms with Gasteiger partial charge in [0.2, 0.25) is 0 Å². The van der Waals surface area contributed by atoms with Crippen molar-refractivity contribution in [1.29, 1.82) is 0 Å². The van der Waals surface area contributed by atoms with Gasteiger partial charge in [-0.3, -0.25) is 0 Å². The van der Waals surface area contributed by atoms with E-state index in [1.165, 1.54) is 6.07 Å². The van der Waals surface area contributed by atoms with Gasteiger partial charge in [-0.1, -0.05) is 12.1 Å². The minimum atomic E-state index is -0.231. The van der Waals surface area contributed by atoms with Gasteiger partial charge in [-0.15, -0.1) is 11.6 Å². The van der Waals surface area contributed by atoms with Crippen molar-refractivity contribution < 1.29 is 9.13 Å². The van der Waals surface area contributed by atoms with E-state index in [9.17, 15) is 4.39 Å². The Morgan fingerprint density at radius 2 is 2.27 bits per heavy atom. The van der Waals surface area contributed by atoms with Crippen molar-refractivity contribution in [2.75, 3.05) is 13.7 Å². The van der Waals surface area contributed by atoms with Crippen LogP contribution in [-0.4, -0.2) is 19.1 Å². The van der Waals surface area contributed by atoms with Gasteiger partial charge < -0.3 is 4.74 Å². The molecule has 0 fully saturated rings. The largest absolute Gasteiger partial charge is 0.383 e. The number of hydrogen-bond donors (Lipinski definition) is 0. The smallest absolute Gasteiger partial charge is 0.137 e. The molecule has 1 unspecified atom stereocenters. The fourth-order valence-corrected chi connectivity index (χ4v) is 2.02. The molecule has 4 heteroatoms. The predicted molar refractivity (Wildman–Crippen MR) is 63.9 cm³/mol. The van der Waals surface area contributed by atoms with Crippen LogP contribution in [0, 0.1) is 5.82 Å². The zero-order valence-electron chi connectivity index (χ0n) is 8.47. The number of alkyl halides is 1. The molecule has 1 aromatic carbocycles. The first-order valence-electron chi connectivity index (χ1n) is 4.71. The number of benzene rings is 1. The third-order valence-corrected chi connectivity index (χ3v) is 3.34. The van der Waals surface area contributed by atoms with Crippen LogP contribution in [0.4, 0.5) is 4.39 Å². The second-order valence-corrected chi connectivity index (χ2v) is 4.71. The van der Waals surface area contributed by atoms with Crippen LogP contribution in [0.1, 0.15) is 12.0 Å². The summed E-state index contributed by atoms with van der Waals surface area (Å²) in [5.41, 5.74) is 0.941. The fraction of sp³-hybridized carbons (Fsp3) is 0.455. The minimum absolute atomic E-state index is 0.0230. The van der Waals surface area contributed by atoms with Crippen molar-refractivity contribution in [3.8, 4) is 0 Å². The van der Waals surface area contributed by atoms with Gasteiger partial charge in [0, 0.05) is 7.11 Å². The number of aryl methyl sites for hydroxylation is 1. The summed E-state index contributed by atoms with van der Waals surface area (Å²) < 4.78 is 18.6. The Hall–Kier alpha value is -0.120. The van der Waals surface area contributed by atoms with E-state index in [-0.39, 0.29) is 11.2 Å². The first-order chi connectivity index (χ1) is 7.15. The van der Waals surface area contributed by atoms with Crippen LogP contribution in [0.2, 0.25) is 0 Å². The number of halogens is 3. The number of methoxy groups -OCH3 is 1. The molecule has 0 saturated heterocycles. The van der Waals surface area contributed by atoms with Crippen LogP contribution < -0.4 is 0 Å². The topological polar surface area (TPSA) is 9.23 Å². The highest BCUT2D eigenvalue weighted by molar-refractivity contribution is 9.10. The molecule has 1 nitrogen and oxygen atoms in total. The molecule has 0 radical (unpaired) electrons. The number of ether oxygens (including phenoxy) is 1. The van der Waals surface area contributed by atoms with Crippen molar-refractivity contribution in [1.82, 2.24) is 0 Å². The second kappa shape index (κ2) is 6.46. The molecule has 0 aliphatic rings. The van der Waals surface area contributed by atoms with Gasteiger partial charge in [-0.25, -0.2) is 4.39 Å². The van der Waals surface area contributed by atoms with Gasteiger partial charge in [0.15, 0.2) is 0 Å². The fourth-order valence-electron chi connectivity index (χ4n) is 1.32. The molecule has 0 saturated carbocycles. The maximum atomic E-state index is 13.1. The normalized spacial score (nSPS) is 12.8. The van der Waals surface area contributed by atoms with E-state index in [2.05, 4.69) is 15.9 Å². The van der Waals surface area contributed by atoms with Gasteiger partial charge in [0.25, 0.3) is 0 Å². The van der Waals surface area contributed by atoms with Crippen LogP contribution in [0.3, 0.4) is 0 Å². The molecule has 0 aromatic heterocycles. The maximum absolute atomic E-state index is 13.1. The molecule has 0 heterocycles. The van der Waals surface area contributed by atoms with Crippen LogP contribution in [-0.2, 0) is 11.2 Å². The summed E-state index contributed by atoms with van der Waals surface area (Å²) >= 11 is 9.21. The van der Waals surface area contributed by atoms with Gasteiger partial charge in [0.1, 0.15) is 5.82 Å². The Balaban J connectivity index is 2.54. The van der Waals surface area contributed by atoms with E-state index in [0.717, 1.165) is 18.4 Å². The van der Waals surface area contributed by atoms with Crippen molar-refractivity contribution in [3.05, 3.63) is 34.1 Å². The molecule has 0 aliphatic carbocycles. The van der Waals surface area contributed by atoms with E-state index in [1.807, 2.05) is 6.07 Å². The summed E-state index contributed by atoms with van der Waals surface area (Å²) in [6.45, 7) is 0.522. The van der Waals surface area contributed by atoms with E-state index >= 15 is 0 Å². The lowest BCUT2D eigenvalue weighted by molar-refractivity contribution is 0.195. The Kier molecular flexibility index (Phi) is 5.58. The number of hydrogen-bond acceptors (Lipinski definition) is 1. The molecular weight excluding hydrogens is 282 g/mol.